The van der Waals surface area contributed by atoms with E-state index in [0.29, 0.717) is 11.5 Å². The molecular formula is C16H21N3O. The molecule has 0 aliphatic heterocycles. The van der Waals surface area contributed by atoms with Gasteiger partial charge in [-0.3, -0.25) is 4.79 Å². The Morgan fingerprint density at radius 2 is 1.90 bits per heavy atom. The average Bonchev–Trinajstić information content (AvgIpc) is 2.52. The van der Waals surface area contributed by atoms with Gasteiger partial charge in [0.25, 0.3) is 0 Å². The van der Waals surface area contributed by atoms with Gasteiger partial charge in [-0.05, 0) is 43.0 Å². The number of amides is 1. The molecule has 1 fully saturated rings. The van der Waals surface area contributed by atoms with Gasteiger partial charge in [-0.25, -0.2) is 0 Å². The molecule has 4 heteroatoms. The minimum Gasteiger partial charge on any atom is -0.376 e. The smallest absolute Gasteiger partial charge is 0.239 e. The maximum atomic E-state index is 11.8. The van der Waals surface area contributed by atoms with E-state index in [2.05, 4.69) is 16.7 Å². The van der Waals surface area contributed by atoms with Gasteiger partial charge in [-0.15, -0.1) is 0 Å². The molecule has 0 unspecified atom stereocenters. The Labute approximate surface area is 120 Å². The van der Waals surface area contributed by atoms with Crippen molar-refractivity contribution in [3.05, 3.63) is 29.8 Å². The molecule has 0 saturated heterocycles. The van der Waals surface area contributed by atoms with Crippen molar-refractivity contribution in [1.29, 1.82) is 5.26 Å². The second kappa shape index (κ2) is 7.54. The van der Waals surface area contributed by atoms with Crippen molar-refractivity contribution >= 4 is 11.6 Å². The van der Waals surface area contributed by atoms with Gasteiger partial charge in [0.2, 0.25) is 5.91 Å². The number of rotatable bonds is 5. The van der Waals surface area contributed by atoms with Crippen LogP contribution in [0.1, 0.15) is 37.7 Å². The zero-order valence-corrected chi connectivity index (χ0v) is 11.7. The Morgan fingerprint density at radius 3 is 2.55 bits per heavy atom. The van der Waals surface area contributed by atoms with E-state index in [-0.39, 0.29) is 12.5 Å². The molecule has 1 aliphatic rings. The Kier molecular flexibility index (Phi) is 5.43. The van der Waals surface area contributed by atoms with E-state index in [9.17, 15) is 4.79 Å². The second-order valence-corrected chi connectivity index (χ2v) is 5.35. The Hall–Kier alpha value is -2.02. The summed E-state index contributed by atoms with van der Waals surface area (Å²) in [7, 11) is 0. The molecule has 2 N–H and O–H groups in total. The molecule has 1 aliphatic carbocycles. The summed E-state index contributed by atoms with van der Waals surface area (Å²) in [6, 6.07) is 9.17. The van der Waals surface area contributed by atoms with Crippen LogP contribution in [-0.4, -0.2) is 19.0 Å². The lowest BCUT2D eigenvalue weighted by Gasteiger charge is -2.21. The largest absolute Gasteiger partial charge is 0.376 e. The number of nitrogens with zero attached hydrogens (tertiary/aromatic N) is 1. The SMILES string of the molecule is N#Cc1ccc(NCC(=O)NCC2CCCCC2)cc1. The van der Waals surface area contributed by atoms with Crippen molar-refractivity contribution in [2.24, 2.45) is 5.92 Å². The predicted molar refractivity (Wildman–Crippen MR) is 79.2 cm³/mol. The van der Waals surface area contributed by atoms with Crippen LogP contribution in [0.5, 0.6) is 0 Å². The van der Waals surface area contributed by atoms with Crippen molar-refractivity contribution in [3.8, 4) is 6.07 Å². The second-order valence-electron chi connectivity index (χ2n) is 5.35. The first kappa shape index (κ1) is 14.4. The lowest BCUT2D eigenvalue weighted by atomic mass is 9.89. The van der Waals surface area contributed by atoms with E-state index in [0.717, 1.165) is 12.2 Å². The summed E-state index contributed by atoms with van der Waals surface area (Å²) in [5, 5.41) is 14.8. The van der Waals surface area contributed by atoms with Crippen LogP contribution in [-0.2, 0) is 4.79 Å². The molecule has 1 aromatic rings. The zero-order valence-electron chi connectivity index (χ0n) is 11.7. The van der Waals surface area contributed by atoms with Crippen molar-refractivity contribution < 1.29 is 4.79 Å². The number of hydrogen-bond acceptors (Lipinski definition) is 3. The molecular weight excluding hydrogens is 250 g/mol. The van der Waals surface area contributed by atoms with Crippen LogP contribution >= 0.6 is 0 Å². The van der Waals surface area contributed by atoms with Crippen LogP contribution in [0.4, 0.5) is 5.69 Å². The number of nitrogens with one attached hydrogen (secondary N) is 2. The van der Waals surface area contributed by atoms with Gasteiger partial charge in [0.05, 0.1) is 18.2 Å². The molecule has 0 bridgehead atoms. The molecule has 0 aromatic heterocycles. The van der Waals surface area contributed by atoms with E-state index in [4.69, 9.17) is 5.26 Å². The lowest BCUT2D eigenvalue weighted by molar-refractivity contribution is -0.119. The van der Waals surface area contributed by atoms with Gasteiger partial charge in [0.1, 0.15) is 0 Å². The van der Waals surface area contributed by atoms with Gasteiger partial charge in [0.15, 0.2) is 0 Å². The third-order valence-corrected chi connectivity index (χ3v) is 3.78. The van der Waals surface area contributed by atoms with Crippen LogP contribution < -0.4 is 10.6 Å². The highest BCUT2D eigenvalue weighted by Crippen LogP contribution is 2.22. The maximum absolute atomic E-state index is 11.8. The quantitative estimate of drug-likeness (QED) is 0.865. The Bertz CT molecular complexity index is 469. The van der Waals surface area contributed by atoms with E-state index in [1.165, 1.54) is 32.1 Å². The van der Waals surface area contributed by atoms with Crippen LogP contribution in [0.3, 0.4) is 0 Å². The molecule has 1 saturated carbocycles. The van der Waals surface area contributed by atoms with E-state index < -0.39 is 0 Å². The summed E-state index contributed by atoms with van der Waals surface area (Å²) in [6.07, 6.45) is 6.41. The topological polar surface area (TPSA) is 64.9 Å². The summed E-state index contributed by atoms with van der Waals surface area (Å²) >= 11 is 0. The van der Waals surface area contributed by atoms with Crippen molar-refractivity contribution in [2.75, 3.05) is 18.4 Å². The Balaban J connectivity index is 1.67. The monoisotopic (exact) mass is 271 g/mol. The fraction of sp³-hybridized carbons (Fsp3) is 0.500. The standard InChI is InChI=1S/C16H21N3O/c17-10-13-6-8-15(9-7-13)18-12-16(20)19-11-14-4-2-1-3-5-14/h6-9,14,18H,1-5,11-12H2,(H,19,20). The van der Waals surface area contributed by atoms with Crippen LogP contribution in [0.25, 0.3) is 0 Å². The predicted octanol–water partition coefficient (Wildman–Crippen LogP) is 2.67. The third-order valence-electron chi connectivity index (χ3n) is 3.78. The number of nitriles is 1. The molecule has 1 aromatic carbocycles. The summed E-state index contributed by atoms with van der Waals surface area (Å²) in [4.78, 5) is 11.8. The summed E-state index contributed by atoms with van der Waals surface area (Å²) in [6.45, 7) is 1.08. The highest BCUT2D eigenvalue weighted by atomic mass is 16.1. The minimum atomic E-state index is 0.0277. The van der Waals surface area contributed by atoms with Gasteiger partial charge in [-0.1, -0.05) is 19.3 Å². The number of anilines is 1. The molecule has 2 rings (SSSR count). The molecule has 1 amide bonds. The number of carbonyl (C=O) groups excluding carboxylic acids is 1. The molecule has 20 heavy (non-hydrogen) atoms. The normalized spacial score (nSPS) is 15.3. The number of benzene rings is 1. The maximum Gasteiger partial charge on any atom is 0.239 e. The highest BCUT2D eigenvalue weighted by molar-refractivity contribution is 5.80. The van der Waals surface area contributed by atoms with E-state index in [1.807, 2.05) is 12.1 Å². The van der Waals surface area contributed by atoms with Crippen LogP contribution in [0, 0.1) is 17.2 Å². The molecule has 0 spiro atoms. The summed E-state index contributed by atoms with van der Waals surface area (Å²) in [5.74, 6) is 0.683. The zero-order chi connectivity index (χ0) is 14.2. The van der Waals surface area contributed by atoms with Gasteiger partial charge in [-0.2, -0.15) is 5.26 Å². The lowest BCUT2D eigenvalue weighted by Crippen LogP contribution is -2.34. The average molecular weight is 271 g/mol. The van der Waals surface area contributed by atoms with E-state index in [1.54, 1.807) is 12.1 Å². The first-order valence-corrected chi connectivity index (χ1v) is 7.28. The van der Waals surface area contributed by atoms with Gasteiger partial charge >= 0.3 is 0 Å². The van der Waals surface area contributed by atoms with E-state index >= 15 is 0 Å². The Morgan fingerprint density at radius 1 is 1.20 bits per heavy atom. The van der Waals surface area contributed by atoms with Gasteiger partial charge in [0, 0.05) is 12.2 Å². The number of hydrogen-bond donors (Lipinski definition) is 2. The van der Waals surface area contributed by atoms with Crippen molar-refractivity contribution in [2.45, 2.75) is 32.1 Å². The fourth-order valence-electron chi connectivity index (χ4n) is 2.56. The minimum absolute atomic E-state index is 0.0277. The van der Waals surface area contributed by atoms with Crippen molar-refractivity contribution in [1.82, 2.24) is 5.32 Å². The van der Waals surface area contributed by atoms with Crippen LogP contribution in [0.2, 0.25) is 0 Å². The molecule has 0 radical (unpaired) electrons. The molecule has 4 nitrogen and oxygen atoms in total. The molecule has 0 heterocycles. The first-order valence-electron chi connectivity index (χ1n) is 7.28. The van der Waals surface area contributed by atoms with Gasteiger partial charge < -0.3 is 10.6 Å². The third kappa shape index (κ3) is 4.58. The summed E-state index contributed by atoms with van der Waals surface area (Å²) < 4.78 is 0. The molecule has 106 valence electrons. The van der Waals surface area contributed by atoms with Crippen molar-refractivity contribution in [3.63, 3.8) is 0 Å². The first-order chi connectivity index (χ1) is 9.78. The van der Waals surface area contributed by atoms with Crippen LogP contribution in [0.15, 0.2) is 24.3 Å². The summed E-state index contributed by atoms with van der Waals surface area (Å²) in [5.41, 5.74) is 1.48. The molecule has 0 atom stereocenters. The fourth-order valence-corrected chi connectivity index (χ4v) is 2.56. The number of carbonyl (C=O) groups is 1. The highest BCUT2D eigenvalue weighted by Gasteiger charge is 2.13.